The summed E-state index contributed by atoms with van der Waals surface area (Å²) in [6, 6.07) is 0. The number of nitrogens with one attached hydrogen (secondary N) is 2. The van der Waals surface area contributed by atoms with Gasteiger partial charge in [0.25, 0.3) is 0 Å². The minimum absolute atomic E-state index is 0.220. The van der Waals surface area contributed by atoms with Crippen molar-refractivity contribution in [1.29, 1.82) is 0 Å². The molecule has 23 heavy (non-hydrogen) atoms. The number of H-pyrrole nitrogens is 1. The van der Waals surface area contributed by atoms with Crippen LogP contribution in [0, 0.1) is 22.5 Å². The van der Waals surface area contributed by atoms with Gasteiger partial charge >= 0.3 is 0 Å². The zero-order chi connectivity index (χ0) is 16.2. The smallest absolute Gasteiger partial charge is 0.223 e. The molecule has 6 heteroatoms. The third-order valence-corrected chi connectivity index (χ3v) is 6.01. The number of hydrogen-bond acceptors (Lipinski definition) is 3. The maximum atomic E-state index is 12.5. The highest BCUT2D eigenvalue weighted by Crippen LogP contribution is 2.42. The van der Waals surface area contributed by atoms with Crippen LogP contribution in [0.2, 0.25) is 0 Å². The first kappa shape index (κ1) is 16.7. The molecule has 0 bridgehead atoms. The molecule has 0 saturated heterocycles. The Morgan fingerprint density at radius 2 is 2.09 bits per heavy atom. The van der Waals surface area contributed by atoms with Gasteiger partial charge in [0.05, 0.1) is 0 Å². The van der Waals surface area contributed by atoms with Crippen LogP contribution in [-0.2, 0) is 17.8 Å². The van der Waals surface area contributed by atoms with Gasteiger partial charge in [0.15, 0.2) is 4.77 Å². The van der Waals surface area contributed by atoms with E-state index < -0.39 is 0 Å². The van der Waals surface area contributed by atoms with E-state index in [9.17, 15) is 4.79 Å². The first-order valence-electron chi connectivity index (χ1n) is 9.10. The lowest BCUT2D eigenvalue weighted by atomic mass is 9.67. The van der Waals surface area contributed by atoms with Crippen LogP contribution in [0.15, 0.2) is 0 Å². The largest absolute Gasteiger partial charge is 0.354 e. The second-order valence-corrected chi connectivity index (χ2v) is 7.44. The quantitative estimate of drug-likeness (QED) is 0.812. The number of carbonyl (C=O) groups is 1. The topological polar surface area (TPSA) is 62.7 Å². The molecule has 128 valence electrons. The molecule has 2 aliphatic carbocycles. The average Bonchev–Trinajstić information content (AvgIpc) is 2.94. The summed E-state index contributed by atoms with van der Waals surface area (Å²) in [7, 11) is 0. The summed E-state index contributed by atoms with van der Waals surface area (Å²) in [4.78, 5) is 12.5. The monoisotopic (exact) mass is 336 g/mol. The van der Waals surface area contributed by atoms with Crippen LogP contribution in [0.1, 0.15) is 57.7 Å². The fourth-order valence-corrected chi connectivity index (χ4v) is 4.64. The SMILES string of the molecule is CCc1n[nH]c(=S)n1CCNC(=O)[C@@H]1CC[C@H]2CCCC[C@@H]2C1. The molecule has 2 aliphatic rings. The van der Waals surface area contributed by atoms with Gasteiger partial charge in [-0.1, -0.05) is 32.6 Å². The molecule has 0 aliphatic heterocycles. The van der Waals surface area contributed by atoms with Crippen LogP contribution in [0.3, 0.4) is 0 Å². The molecule has 5 nitrogen and oxygen atoms in total. The summed E-state index contributed by atoms with van der Waals surface area (Å²) in [6.07, 6.45) is 9.72. The van der Waals surface area contributed by atoms with Crippen LogP contribution in [0.4, 0.5) is 0 Å². The van der Waals surface area contributed by atoms with Gasteiger partial charge in [0.1, 0.15) is 5.82 Å². The van der Waals surface area contributed by atoms with Crippen LogP contribution < -0.4 is 5.32 Å². The zero-order valence-electron chi connectivity index (χ0n) is 14.0. The van der Waals surface area contributed by atoms with Crippen LogP contribution in [-0.4, -0.2) is 27.2 Å². The van der Waals surface area contributed by atoms with E-state index in [2.05, 4.69) is 22.4 Å². The molecule has 1 aromatic rings. The molecule has 0 spiro atoms. The normalized spacial score (nSPS) is 27.4. The number of carbonyl (C=O) groups excluding carboxylic acids is 1. The Bertz CT molecular complexity index is 594. The van der Waals surface area contributed by atoms with Gasteiger partial charge in [-0.2, -0.15) is 5.10 Å². The number of aromatic nitrogens is 3. The van der Waals surface area contributed by atoms with Crippen LogP contribution in [0.25, 0.3) is 0 Å². The van der Waals surface area contributed by atoms with Crippen molar-refractivity contribution in [2.45, 2.75) is 64.8 Å². The lowest BCUT2D eigenvalue weighted by Gasteiger charge is -2.38. The summed E-state index contributed by atoms with van der Waals surface area (Å²) in [5.41, 5.74) is 0. The van der Waals surface area contributed by atoms with Crippen LogP contribution in [0.5, 0.6) is 0 Å². The standard InChI is InChI=1S/C17H28N4OS/c1-2-15-19-20-17(23)21(15)10-9-18-16(22)14-8-7-12-5-3-4-6-13(12)11-14/h12-14H,2-11H2,1H3,(H,18,22)(H,20,23)/t12-,13-,14-/m1/s1. The minimum Gasteiger partial charge on any atom is -0.354 e. The Balaban J connectivity index is 1.48. The summed E-state index contributed by atoms with van der Waals surface area (Å²) < 4.78 is 2.62. The first-order chi connectivity index (χ1) is 11.2. The highest BCUT2D eigenvalue weighted by molar-refractivity contribution is 7.71. The van der Waals surface area contributed by atoms with Gasteiger partial charge in [0, 0.05) is 25.4 Å². The van der Waals surface area contributed by atoms with E-state index in [0.717, 1.165) is 36.9 Å². The van der Waals surface area contributed by atoms with Gasteiger partial charge in [-0.3, -0.25) is 9.89 Å². The van der Waals surface area contributed by atoms with E-state index in [1.54, 1.807) is 0 Å². The van der Waals surface area contributed by atoms with Crippen molar-refractivity contribution in [2.24, 2.45) is 17.8 Å². The molecule has 1 amide bonds. The number of aryl methyl sites for hydroxylation is 1. The fourth-order valence-electron chi connectivity index (χ4n) is 4.40. The molecule has 0 aromatic carbocycles. The maximum Gasteiger partial charge on any atom is 0.223 e. The zero-order valence-corrected chi connectivity index (χ0v) is 14.8. The molecule has 3 rings (SSSR count). The number of rotatable bonds is 5. The van der Waals surface area contributed by atoms with Crippen molar-refractivity contribution in [1.82, 2.24) is 20.1 Å². The van der Waals surface area contributed by atoms with Gasteiger partial charge in [0.2, 0.25) is 5.91 Å². The minimum atomic E-state index is 0.220. The maximum absolute atomic E-state index is 12.5. The molecule has 1 aromatic heterocycles. The number of amides is 1. The second kappa shape index (κ2) is 7.60. The number of hydrogen-bond donors (Lipinski definition) is 2. The molecular formula is C17H28N4OS. The van der Waals surface area contributed by atoms with E-state index >= 15 is 0 Å². The molecule has 2 fully saturated rings. The van der Waals surface area contributed by atoms with Crippen molar-refractivity contribution in [3.05, 3.63) is 10.6 Å². The summed E-state index contributed by atoms with van der Waals surface area (Å²) in [6.45, 7) is 3.38. The Kier molecular flexibility index (Phi) is 5.51. The summed E-state index contributed by atoms with van der Waals surface area (Å²) in [5, 5.41) is 10.1. The number of fused-ring (bicyclic) bond motifs is 1. The van der Waals surface area contributed by atoms with Crippen LogP contribution >= 0.6 is 12.2 Å². The third-order valence-electron chi connectivity index (χ3n) is 5.70. The van der Waals surface area contributed by atoms with Gasteiger partial charge in [-0.05, 0) is 43.3 Å². The highest BCUT2D eigenvalue weighted by atomic mass is 32.1. The summed E-state index contributed by atoms with van der Waals surface area (Å²) >= 11 is 5.24. The Hall–Kier alpha value is -1.17. The molecule has 3 atom stereocenters. The Labute approximate surface area is 143 Å². The Morgan fingerprint density at radius 3 is 2.87 bits per heavy atom. The third kappa shape index (κ3) is 3.84. The summed E-state index contributed by atoms with van der Waals surface area (Å²) in [5.74, 6) is 3.10. The molecule has 2 saturated carbocycles. The van der Waals surface area contributed by atoms with Crippen molar-refractivity contribution in [2.75, 3.05) is 6.54 Å². The van der Waals surface area contributed by atoms with Crippen molar-refractivity contribution in [3.8, 4) is 0 Å². The molecule has 0 radical (unpaired) electrons. The predicted molar refractivity (Wildman–Crippen MR) is 92.6 cm³/mol. The van der Waals surface area contributed by atoms with Crippen molar-refractivity contribution >= 4 is 18.1 Å². The van der Waals surface area contributed by atoms with E-state index in [1.807, 2.05) is 4.57 Å². The molecule has 2 N–H and O–H groups in total. The van der Waals surface area contributed by atoms with Crippen molar-refractivity contribution < 1.29 is 4.79 Å². The lowest BCUT2D eigenvalue weighted by molar-refractivity contribution is -0.127. The van der Waals surface area contributed by atoms with Gasteiger partial charge < -0.3 is 9.88 Å². The highest BCUT2D eigenvalue weighted by Gasteiger charge is 2.34. The average molecular weight is 337 g/mol. The van der Waals surface area contributed by atoms with E-state index in [1.165, 1.54) is 32.1 Å². The number of aromatic amines is 1. The molecular weight excluding hydrogens is 308 g/mol. The van der Waals surface area contributed by atoms with E-state index in [-0.39, 0.29) is 11.8 Å². The molecule has 1 heterocycles. The van der Waals surface area contributed by atoms with Gasteiger partial charge in [-0.25, -0.2) is 0 Å². The van der Waals surface area contributed by atoms with Crippen molar-refractivity contribution in [3.63, 3.8) is 0 Å². The fraction of sp³-hybridized carbons (Fsp3) is 0.824. The molecule has 0 unspecified atom stereocenters. The second-order valence-electron chi connectivity index (χ2n) is 7.06. The lowest BCUT2D eigenvalue weighted by Crippen LogP contribution is -2.38. The van der Waals surface area contributed by atoms with E-state index in [4.69, 9.17) is 12.2 Å². The van der Waals surface area contributed by atoms with Gasteiger partial charge in [-0.15, -0.1) is 0 Å². The number of nitrogens with zero attached hydrogens (tertiary/aromatic N) is 2. The first-order valence-corrected chi connectivity index (χ1v) is 9.51. The Morgan fingerprint density at radius 1 is 1.30 bits per heavy atom. The predicted octanol–water partition coefficient (Wildman–Crippen LogP) is 3.23. The van der Waals surface area contributed by atoms with E-state index in [0.29, 0.717) is 17.9 Å².